The first-order valence-electron chi connectivity index (χ1n) is 10.3. The van der Waals surface area contributed by atoms with E-state index in [1.807, 2.05) is 42.5 Å². The molecule has 6 heteroatoms. The number of piperidine rings is 1. The molecule has 2 bridgehead atoms. The lowest BCUT2D eigenvalue weighted by molar-refractivity contribution is -0.147. The van der Waals surface area contributed by atoms with Crippen LogP contribution in [0.25, 0.3) is 0 Å². The van der Waals surface area contributed by atoms with Gasteiger partial charge in [0, 0.05) is 12.4 Å². The molecular weight excluding hydrogens is 390 g/mol. The topological polar surface area (TPSA) is 79.4 Å². The number of carbonyl (C=O) groups excluding carboxylic acids is 3. The van der Waals surface area contributed by atoms with Gasteiger partial charge in [0.15, 0.2) is 0 Å². The largest absolute Gasteiger partial charge is 0.341 e. The molecular formula is C25H19N3O3. The number of nitrogens with zero attached hydrogens (tertiary/aromatic N) is 2. The van der Waals surface area contributed by atoms with Crippen LogP contribution in [0, 0.1) is 11.8 Å². The predicted octanol–water partition coefficient (Wildman–Crippen LogP) is 2.53. The van der Waals surface area contributed by atoms with Gasteiger partial charge >= 0.3 is 0 Å². The van der Waals surface area contributed by atoms with Crippen molar-refractivity contribution < 1.29 is 14.4 Å². The van der Waals surface area contributed by atoms with Crippen molar-refractivity contribution in [3.8, 4) is 0 Å². The average molecular weight is 409 g/mol. The molecule has 0 saturated carbocycles. The van der Waals surface area contributed by atoms with E-state index >= 15 is 0 Å². The number of pyridine rings is 1. The first-order chi connectivity index (χ1) is 15.0. The van der Waals surface area contributed by atoms with Crippen LogP contribution in [0.4, 0.5) is 5.69 Å². The van der Waals surface area contributed by atoms with Crippen molar-refractivity contribution in [1.82, 2.24) is 10.3 Å². The van der Waals surface area contributed by atoms with Crippen LogP contribution in [0.2, 0.25) is 0 Å². The Morgan fingerprint density at radius 2 is 1.42 bits per heavy atom. The zero-order valence-electron chi connectivity index (χ0n) is 16.8. The van der Waals surface area contributed by atoms with Gasteiger partial charge in [0.25, 0.3) is 0 Å². The third-order valence-corrected chi connectivity index (χ3v) is 7.24. The summed E-state index contributed by atoms with van der Waals surface area (Å²) in [4.78, 5) is 46.6. The second kappa shape index (κ2) is 5.88. The fraction of sp³-hybridized carbons (Fsp3) is 0.200. The van der Waals surface area contributed by atoms with Crippen molar-refractivity contribution in [2.24, 2.45) is 11.8 Å². The van der Waals surface area contributed by atoms with Crippen LogP contribution in [0.1, 0.15) is 23.6 Å². The summed E-state index contributed by atoms with van der Waals surface area (Å²) in [5.74, 6) is -2.40. The van der Waals surface area contributed by atoms with Crippen molar-refractivity contribution in [1.29, 1.82) is 0 Å². The van der Waals surface area contributed by atoms with E-state index in [2.05, 4.69) is 10.3 Å². The minimum absolute atomic E-state index is 0.236. The molecule has 0 radical (unpaired) electrons. The van der Waals surface area contributed by atoms with E-state index in [0.717, 1.165) is 16.7 Å². The molecule has 2 fully saturated rings. The number of hydrogen-bond donors (Lipinski definition) is 1. The standard InChI is InChI=1S/C25H19N3O3/c1-24-17-9-5-6-10-18(17)25(27-23(24)31,15-11-13-26-14-12-15)20-19(24)21(29)28(22(20)30)16-7-3-2-4-8-16/h2-14,19-20H,1H3,(H,27,31)/t19-,20-,24+,25-/m1/s1. The fourth-order valence-electron chi connectivity index (χ4n) is 5.87. The third kappa shape index (κ3) is 1.97. The second-order valence-electron chi connectivity index (χ2n) is 8.55. The number of aromatic nitrogens is 1. The molecule has 1 aromatic heterocycles. The third-order valence-electron chi connectivity index (χ3n) is 7.24. The number of para-hydroxylation sites is 1. The number of nitrogens with one attached hydrogen (secondary N) is 1. The Balaban J connectivity index is 1.68. The molecule has 31 heavy (non-hydrogen) atoms. The van der Waals surface area contributed by atoms with Crippen LogP contribution in [-0.2, 0) is 25.3 Å². The smallest absolute Gasteiger partial charge is 0.240 e. The van der Waals surface area contributed by atoms with Crippen LogP contribution < -0.4 is 10.2 Å². The zero-order valence-corrected chi connectivity index (χ0v) is 16.8. The molecule has 1 N–H and O–H groups in total. The van der Waals surface area contributed by atoms with E-state index in [0.29, 0.717) is 5.69 Å². The van der Waals surface area contributed by atoms with E-state index in [1.54, 1.807) is 43.6 Å². The van der Waals surface area contributed by atoms with Crippen molar-refractivity contribution in [3.63, 3.8) is 0 Å². The molecule has 3 aliphatic heterocycles. The Bertz CT molecular complexity index is 1260. The van der Waals surface area contributed by atoms with E-state index in [1.165, 1.54) is 4.90 Å². The van der Waals surface area contributed by atoms with Gasteiger partial charge < -0.3 is 5.32 Å². The quantitative estimate of drug-likeness (QED) is 0.660. The van der Waals surface area contributed by atoms with Gasteiger partial charge in [-0.1, -0.05) is 42.5 Å². The highest BCUT2D eigenvalue weighted by atomic mass is 16.2. The molecule has 4 heterocycles. The highest BCUT2D eigenvalue weighted by Gasteiger charge is 2.74. The van der Waals surface area contributed by atoms with Crippen LogP contribution in [-0.4, -0.2) is 22.7 Å². The summed E-state index contributed by atoms with van der Waals surface area (Å²) in [7, 11) is 0. The van der Waals surface area contributed by atoms with Crippen molar-refractivity contribution in [3.05, 3.63) is 95.8 Å². The maximum atomic E-state index is 13.9. The summed E-state index contributed by atoms with van der Waals surface area (Å²) >= 11 is 0. The van der Waals surface area contributed by atoms with Crippen molar-refractivity contribution in [2.45, 2.75) is 17.9 Å². The zero-order chi connectivity index (χ0) is 21.4. The minimum Gasteiger partial charge on any atom is -0.341 e. The monoisotopic (exact) mass is 409 g/mol. The molecule has 7 rings (SSSR count). The Hall–Kier alpha value is -3.80. The molecule has 2 aromatic carbocycles. The van der Waals surface area contributed by atoms with Gasteiger partial charge in [-0.25, -0.2) is 4.90 Å². The molecule has 3 amide bonds. The highest BCUT2D eigenvalue weighted by molar-refractivity contribution is 6.25. The average Bonchev–Trinajstić information content (AvgIpc) is 3.09. The van der Waals surface area contributed by atoms with Gasteiger partial charge in [-0.3, -0.25) is 19.4 Å². The molecule has 152 valence electrons. The number of anilines is 1. The van der Waals surface area contributed by atoms with E-state index in [-0.39, 0.29) is 17.7 Å². The molecule has 4 atom stereocenters. The SMILES string of the molecule is C[C@]12C(=O)N[C@](c3ccncc3)(c3ccccc31)[C@H]1C(=O)N(c3ccccc3)C(=O)[C@@H]12. The highest BCUT2D eigenvalue weighted by Crippen LogP contribution is 2.61. The Morgan fingerprint density at radius 3 is 2.13 bits per heavy atom. The summed E-state index contributed by atoms with van der Waals surface area (Å²) < 4.78 is 0. The van der Waals surface area contributed by atoms with Crippen LogP contribution in [0.3, 0.4) is 0 Å². The molecule has 4 aliphatic rings. The van der Waals surface area contributed by atoms with Gasteiger partial charge in [-0.2, -0.15) is 0 Å². The molecule has 3 aromatic rings. The second-order valence-corrected chi connectivity index (χ2v) is 8.55. The molecule has 0 spiro atoms. The molecule has 1 aliphatic carbocycles. The number of amides is 3. The van der Waals surface area contributed by atoms with Gasteiger partial charge in [-0.05, 0) is 47.9 Å². The Labute approximate surface area is 178 Å². The lowest BCUT2D eigenvalue weighted by Crippen LogP contribution is -2.72. The van der Waals surface area contributed by atoms with Gasteiger partial charge in [0.05, 0.1) is 22.9 Å². The maximum Gasteiger partial charge on any atom is 0.240 e. The molecule has 6 nitrogen and oxygen atoms in total. The van der Waals surface area contributed by atoms with Gasteiger partial charge in [0.1, 0.15) is 5.54 Å². The van der Waals surface area contributed by atoms with Gasteiger partial charge in [0.2, 0.25) is 17.7 Å². The summed E-state index contributed by atoms with van der Waals surface area (Å²) in [6.45, 7) is 1.79. The summed E-state index contributed by atoms with van der Waals surface area (Å²) in [6, 6.07) is 20.2. The minimum atomic E-state index is -1.13. The number of fused-ring (bicyclic) bond motifs is 1. The Kier molecular flexibility index (Phi) is 3.41. The number of rotatable bonds is 2. The molecule has 2 saturated heterocycles. The number of carbonyl (C=O) groups is 3. The summed E-state index contributed by atoms with van der Waals surface area (Å²) in [5, 5.41) is 3.17. The Morgan fingerprint density at radius 1 is 0.806 bits per heavy atom. The summed E-state index contributed by atoms with van der Waals surface area (Å²) in [5.41, 5.74) is 0.669. The van der Waals surface area contributed by atoms with E-state index in [9.17, 15) is 14.4 Å². The number of benzene rings is 2. The molecule has 0 unspecified atom stereocenters. The number of hydrogen-bond acceptors (Lipinski definition) is 4. The summed E-state index contributed by atoms with van der Waals surface area (Å²) in [6.07, 6.45) is 3.29. The van der Waals surface area contributed by atoms with E-state index in [4.69, 9.17) is 0 Å². The van der Waals surface area contributed by atoms with Crippen molar-refractivity contribution in [2.75, 3.05) is 4.90 Å². The van der Waals surface area contributed by atoms with Crippen molar-refractivity contribution >= 4 is 23.4 Å². The fourth-order valence-corrected chi connectivity index (χ4v) is 5.87. The lowest BCUT2D eigenvalue weighted by atomic mass is 9.49. The van der Waals surface area contributed by atoms with Crippen LogP contribution in [0.15, 0.2) is 79.1 Å². The van der Waals surface area contributed by atoms with Gasteiger partial charge in [-0.15, -0.1) is 0 Å². The predicted molar refractivity (Wildman–Crippen MR) is 113 cm³/mol. The number of imide groups is 1. The van der Waals surface area contributed by atoms with Crippen LogP contribution in [0.5, 0.6) is 0 Å². The first kappa shape index (κ1) is 18.0. The van der Waals surface area contributed by atoms with Crippen LogP contribution >= 0.6 is 0 Å². The lowest BCUT2D eigenvalue weighted by Gasteiger charge is -2.57. The van der Waals surface area contributed by atoms with E-state index < -0.39 is 22.8 Å². The normalized spacial score (nSPS) is 30.7. The first-order valence-corrected chi connectivity index (χ1v) is 10.3. The maximum absolute atomic E-state index is 13.9.